The van der Waals surface area contributed by atoms with E-state index in [0.29, 0.717) is 0 Å². The highest BCUT2D eigenvalue weighted by Crippen LogP contribution is 2.24. The maximum atomic E-state index is 10.5. The molecule has 0 bridgehead atoms. The summed E-state index contributed by atoms with van der Waals surface area (Å²) in [5.41, 5.74) is -0.000162. The van der Waals surface area contributed by atoms with Gasteiger partial charge in [0.05, 0.1) is 17.7 Å². The molecule has 0 aromatic carbocycles. The van der Waals surface area contributed by atoms with Crippen LogP contribution in [0.15, 0.2) is 18.2 Å². The van der Waals surface area contributed by atoms with Gasteiger partial charge in [-0.05, 0) is 12.1 Å². The quantitative estimate of drug-likeness (QED) is 0.466. The number of pyridine rings is 1. The standard InChI is InChI=1S/C9H8N2O5/c1-16-9-7(11(14)15)4-2-6(10-9)3-5-8(12)13/h2-5H,1H3,(H,12,13)/b5-3+. The molecule has 84 valence electrons. The van der Waals surface area contributed by atoms with Gasteiger partial charge in [0.1, 0.15) is 0 Å². The molecule has 0 fully saturated rings. The number of aliphatic carboxylic acids is 1. The van der Waals surface area contributed by atoms with Crippen LogP contribution in [-0.2, 0) is 4.79 Å². The second kappa shape index (κ2) is 4.87. The Kier molecular flexibility index (Phi) is 3.54. The van der Waals surface area contributed by atoms with E-state index in [4.69, 9.17) is 9.84 Å². The van der Waals surface area contributed by atoms with Crippen molar-refractivity contribution in [3.63, 3.8) is 0 Å². The average molecular weight is 224 g/mol. The summed E-state index contributed by atoms with van der Waals surface area (Å²) in [6, 6.07) is 2.54. The molecule has 0 aliphatic rings. The van der Waals surface area contributed by atoms with Crippen LogP contribution in [0, 0.1) is 10.1 Å². The van der Waals surface area contributed by atoms with Crippen LogP contribution in [0.5, 0.6) is 5.88 Å². The predicted molar refractivity (Wildman–Crippen MR) is 54.1 cm³/mol. The first-order chi connectivity index (χ1) is 7.54. The lowest BCUT2D eigenvalue weighted by atomic mass is 10.3. The van der Waals surface area contributed by atoms with Gasteiger partial charge in [0, 0.05) is 12.1 Å². The van der Waals surface area contributed by atoms with Crippen LogP contribution < -0.4 is 4.74 Å². The van der Waals surface area contributed by atoms with Crippen LogP contribution in [-0.4, -0.2) is 28.1 Å². The zero-order valence-corrected chi connectivity index (χ0v) is 8.28. The van der Waals surface area contributed by atoms with Crippen molar-refractivity contribution >= 4 is 17.7 Å². The van der Waals surface area contributed by atoms with Crippen LogP contribution >= 0.6 is 0 Å². The number of carbonyl (C=O) groups is 1. The Morgan fingerprint density at radius 2 is 2.31 bits per heavy atom. The summed E-state index contributed by atoms with van der Waals surface area (Å²) >= 11 is 0. The van der Waals surface area contributed by atoms with Gasteiger partial charge in [-0.25, -0.2) is 9.78 Å². The molecule has 7 heteroatoms. The van der Waals surface area contributed by atoms with E-state index in [0.717, 1.165) is 6.08 Å². The third-order valence-corrected chi connectivity index (χ3v) is 1.65. The minimum Gasteiger partial charge on any atom is -0.478 e. The zero-order chi connectivity index (χ0) is 12.1. The first-order valence-electron chi connectivity index (χ1n) is 4.15. The number of nitrogens with zero attached hydrogens (tertiary/aromatic N) is 2. The van der Waals surface area contributed by atoms with Crippen molar-refractivity contribution in [3.8, 4) is 5.88 Å². The highest BCUT2D eigenvalue weighted by Gasteiger charge is 2.15. The van der Waals surface area contributed by atoms with Gasteiger partial charge >= 0.3 is 11.7 Å². The van der Waals surface area contributed by atoms with Crippen molar-refractivity contribution in [1.82, 2.24) is 4.98 Å². The SMILES string of the molecule is COc1nc(/C=C/C(=O)O)ccc1[N+](=O)[O-]. The monoisotopic (exact) mass is 224 g/mol. The van der Waals surface area contributed by atoms with Crippen molar-refractivity contribution in [2.45, 2.75) is 0 Å². The van der Waals surface area contributed by atoms with E-state index in [1.807, 2.05) is 0 Å². The summed E-state index contributed by atoms with van der Waals surface area (Å²) in [5.74, 6) is -1.28. The fourth-order valence-electron chi connectivity index (χ4n) is 0.986. The number of rotatable bonds is 4. The van der Waals surface area contributed by atoms with Crippen molar-refractivity contribution in [3.05, 3.63) is 34.0 Å². The van der Waals surface area contributed by atoms with E-state index in [1.54, 1.807) is 0 Å². The van der Waals surface area contributed by atoms with Crippen molar-refractivity contribution in [2.75, 3.05) is 7.11 Å². The third kappa shape index (κ3) is 2.77. The molecule has 7 nitrogen and oxygen atoms in total. The molecule has 1 rings (SSSR count). The number of aromatic nitrogens is 1. The number of hydrogen-bond donors (Lipinski definition) is 1. The molecule has 1 heterocycles. The van der Waals surface area contributed by atoms with Crippen molar-refractivity contribution in [1.29, 1.82) is 0 Å². The second-order valence-corrected chi connectivity index (χ2v) is 2.69. The smallest absolute Gasteiger partial charge is 0.330 e. The highest BCUT2D eigenvalue weighted by atomic mass is 16.6. The van der Waals surface area contributed by atoms with Gasteiger partial charge in [-0.3, -0.25) is 10.1 Å². The molecule has 0 radical (unpaired) electrons. The Morgan fingerprint density at radius 1 is 1.62 bits per heavy atom. The Morgan fingerprint density at radius 3 is 2.81 bits per heavy atom. The third-order valence-electron chi connectivity index (χ3n) is 1.65. The number of methoxy groups -OCH3 is 1. The Hall–Kier alpha value is -2.44. The predicted octanol–water partition coefficient (Wildman–Crippen LogP) is 1.10. The fourth-order valence-corrected chi connectivity index (χ4v) is 0.986. The molecule has 0 atom stereocenters. The molecule has 0 spiro atoms. The van der Waals surface area contributed by atoms with Crippen molar-refractivity contribution < 1.29 is 19.6 Å². The van der Waals surface area contributed by atoms with Gasteiger partial charge in [0.15, 0.2) is 0 Å². The number of hydrogen-bond acceptors (Lipinski definition) is 5. The van der Waals surface area contributed by atoms with Crippen LogP contribution in [0.25, 0.3) is 6.08 Å². The number of nitro groups is 1. The van der Waals surface area contributed by atoms with E-state index in [9.17, 15) is 14.9 Å². The molecular formula is C9H8N2O5. The topological polar surface area (TPSA) is 103 Å². The number of ether oxygens (including phenoxy) is 1. The summed E-state index contributed by atoms with van der Waals surface area (Å²) in [7, 11) is 1.25. The second-order valence-electron chi connectivity index (χ2n) is 2.69. The Bertz CT molecular complexity index is 455. The van der Waals surface area contributed by atoms with Crippen LogP contribution in [0.3, 0.4) is 0 Å². The molecule has 0 aliphatic carbocycles. The summed E-state index contributed by atoms with van der Waals surface area (Å²) in [6.07, 6.45) is 2.10. The van der Waals surface area contributed by atoms with E-state index >= 15 is 0 Å². The maximum absolute atomic E-state index is 10.5. The minimum absolute atomic E-state index is 0.155. The molecule has 0 saturated heterocycles. The molecule has 1 aromatic heterocycles. The van der Waals surface area contributed by atoms with Gasteiger partial charge < -0.3 is 9.84 Å². The van der Waals surface area contributed by atoms with E-state index in [1.165, 1.54) is 25.3 Å². The molecule has 0 aliphatic heterocycles. The van der Waals surface area contributed by atoms with Gasteiger partial charge in [0.2, 0.25) is 0 Å². The van der Waals surface area contributed by atoms with Crippen LogP contribution in [0.2, 0.25) is 0 Å². The Balaban J connectivity index is 3.09. The maximum Gasteiger partial charge on any atom is 0.330 e. The van der Waals surface area contributed by atoms with E-state index < -0.39 is 10.9 Å². The first kappa shape index (κ1) is 11.6. The normalized spacial score (nSPS) is 10.3. The summed E-state index contributed by atoms with van der Waals surface area (Å²) in [5, 5.41) is 18.9. The molecule has 1 N–H and O–H groups in total. The molecule has 1 aromatic rings. The van der Waals surface area contributed by atoms with E-state index in [-0.39, 0.29) is 17.3 Å². The lowest BCUT2D eigenvalue weighted by Gasteiger charge is -2.00. The molecule has 0 saturated carbocycles. The van der Waals surface area contributed by atoms with Gasteiger partial charge in [-0.1, -0.05) is 0 Å². The van der Waals surface area contributed by atoms with Gasteiger partial charge in [0.25, 0.3) is 5.88 Å². The van der Waals surface area contributed by atoms with Gasteiger partial charge in [-0.15, -0.1) is 0 Å². The fraction of sp³-hybridized carbons (Fsp3) is 0.111. The molecule has 0 unspecified atom stereocenters. The number of carboxylic acids is 1. The molecule has 0 amide bonds. The van der Waals surface area contributed by atoms with Crippen molar-refractivity contribution in [2.24, 2.45) is 0 Å². The lowest BCUT2D eigenvalue weighted by Crippen LogP contribution is -1.97. The Labute approximate surface area is 90.1 Å². The van der Waals surface area contributed by atoms with Gasteiger partial charge in [-0.2, -0.15) is 0 Å². The number of carboxylic acid groups (broad SMARTS) is 1. The average Bonchev–Trinajstić information content (AvgIpc) is 2.25. The summed E-state index contributed by atoms with van der Waals surface area (Å²) < 4.78 is 4.72. The van der Waals surface area contributed by atoms with Crippen LogP contribution in [0.4, 0.5) is 5.69 Å². The first-order valence-corrected chi connectivity index (χ1v) is 4.15. The summed E-state index contributed by atoms with van der Waals surface area (Å²) in [4.78, 5) is 23.9. The highest BCUT2D eigenvalue weighted by molar-refractivity contribution is 5.84. The molecule has 16 heavy (non-hydrogen) atoms. The van der Waals surface area contributed by atoms with Crippen LogP contribution in [0.1, 0.15) is 5.69 Å². The summed E-state index contributed by atoms with van der Waals surface area (Å²) in [6.45, 7) is 0. The lowest BCUT2D eigenvalue weighted by molar-refractivity contribution is -0.386. The molecular weight excluding hydrogens is 216 g/mol. The minimum atomic E-state index is -1.13. The van der Waals surface area contributed by atoms with E-state index in [2.05, 4.69) is 4.98 Å². The zero-order valence-electron chi connectivity index (χ0n) is 8.28. The largest absolute Gasteiger partial charge is 0.478 e.